The van der Waals surface area contributed by atoms with Gasteiger partial charge in [-0.3, -0.25) is 4.79 Å². The first-order valence-electron chi connectivity index (χ1n) is 5.41. The van der Waals surface area contributed by atoms with Gasteiger partial charge in [-0.05, 0) is 13.3 Å². The van der Waals surface area contributed by atoms with Crippen molar-refractivity contribution in [2.75, 3.05) is 0 Å². The van der Waals surface area contributed by atoms with Crippen LogP contribution in [0.3, 0.4) is 0 Å². The SMILES string of the molecule is CC.CC(=O)CCC(NC(C)C)C(=O)O. The predicted octanol–water partition coefficient (Wildman–Crippen LogP) is 1.83. The first kappa shape index (κ1) is 16.5. The maximum absolute atomic E-state index is 10.7. The molecule has 0 saturated heterocycles. The Morgan fingerprint density at radius 1 is 1.27 bits per heavy atom. The summed E-state index contributed by atoms with van der Waals surface area (Å²) < 4.78 is 0. The largest absolute Gasteiger partial charge is 0.480 e. The number of hydrogen-bond donors (Lipinski definition) is 2. The van der Waals surface area contributed by atoms with Gasteiger partial charge in [0.25, 0.3) is 0 Å². The van der Waals surface area contributed by atoms with E-state index >= 15 is 0 Å². The zero-order valence-corrected chi connectivity index (χ0v) is 10.3. The van der Waals surface area contributed by atoms with E-state index in [-0.39, 0.29) is 11.8 Å². The van der Waals surface area contributed by atoms with Crippen molar-refractivity contribution in [2.45, 2.75) is 59.5 Å². The van der Waals surface area contributed by atoms with Crippen LogP contribution >= 0.6 is 0 Å². The lowest BCUT2D eigenvalue weighted by molar-refractivity contribution is -0.139. The van der Waals surface area contributed by atoms with Crippen LogP contribution in [0.4, 0.5) is 0 Å². The van der Waals surface area contributed by atoms with Gasteiger partial charge in [-0.15, -0.1) is 0 Å². The molecule has 0 heterocycles. The summed E-state index contributed by atoms with van der Waals surface area (Å²) in [5, 5.41) is 11.6. The molecule has 2 N–H and O–H groups in total. The van der Waals surface area contributed by atoms with Crippen molar-refractivity contribution in [2.24, 2.45) is 0 Å². The zero-order chi connectivity index (χ0) is 12.4. The van der Waals surface area contributed by atoms with Gasteiger partial charge in [-0.25, -0.2) is 0 Å². The predicted molar refractivity (Wildman–Crippen MR) is 61.0 cm³/mol. The van der Waals surface area contributed by atoms with Crippen molar-refractivity contribution < 1.29 is 14.7 Å². The number of ketones is 1. The number of aliphatic carboxylic acids is 1. The molecule has 1 unspecified atom stereocenters. The second-order valence-corrected chi connectivity index (χ2v) is 3.45. The fraction of sp³-hybridized carbons (Fsp3) is 0.818. The Bertz CT molecular complexity index is 190. The van der Waals surface area contributed by atoms with Crippen LogP contribution in [0, 0.1) is 0 Å². The number of carboxylic acid groups (broad SMARTS) is 1. The third-order valence-corrected chi connectivity index (χ3v) is 1.62. The van der Waals surface area contributed by atoms with Crippen LogP contribution in [0.5, 0.6) is 0 Å². The van der Waals surface area contributed by atoms with E-state index in [1.165, 1.54) is 6.92 Å². The van der Waals surface area contributed by atoms with Gasteiger partial charge in [0.05, 0.1) is 0 Å². The molecule has 15 heavy (non-hydrogen) atoms. The molecule has 0 aliphatic rings. The standard InChI is InChI=1S/C9H17NO3.C2H6/c1-6(2)10-8(9(12)13)5-4-7(3)11;1-2/h6,8,10H,4-5H2,1-3H3,(H,12,13);1-2H3. The van der Waals surface area contributed by atoms with Crippen LogP contribution in [0.2, 0.25) is 0 Å². The van der Waals surface area contributed by atoms with Crippen LogP contribution in [-0.4, -0.2) is 28.9 Å². The van der Waals surface area contributed by atoms with Gasteiger partial charge in [0.15, 0.2) is 0 Å². The Hall–Kier alpha value is -0.900. The Labute approximate surface area is 92.1 Å². The molecule has 1 atom stereocenters. The molecule has 0 aromatic carbocycles. The second kappa shape index (κ2) is 9.65. The molecule has 0 fully saturated rings. The Balaban J connectivity index is 0. The number of nitrogens with one attached hydrogen (secondary N) is 1. The summed E-state index contributed by atoms with van der Waals surface area (Å²) in [5.74, 6) is -0.869. The molecule has 0 radical (unpaired) electrons. The van der Waals surface area contributed by atoms with E-state index in [0.29, 0.717) is 12.8 Å². The molecular formula is C11H23NO3. The van der Waals surface area contributed by atoms with Gasteiger partial charge in [-0.2, -0.15) is 0 Å². The summed E-state index contributed by atoms with van der Waals surface area (Å²) in [5.41, 5.74) is 0. The van der Waals surface area contributed by atoms with Gasteiger partial charge in [0.1, 0.15) is 11.8 Å². The molecule has 90 valence electrons. The van der Waals surface area contributed by atoms with Crippen LogP contribution in [0.25, 0.3) is 0 Å². The van der Waals surface area contributed by atoms with Gasteiger partial charge < -0.3 is 15.2 Å². The molecule has 0 aliphatic heterocycles. The molecule has 4 heteroatoms. The minimum atomic E-state index is -0.894. The number of rotatable bonds is 6. The minimum absolute atomic E-state index is 0.0248. The van der Waals surface area contributed by atoms with E-state index < -0.39 is 12.0 Å². The van der Waals surface area contributed by atoms with Crippen LogP contribution in [0.1, 0.15) is 47.5 Å². The van der Waals surface area contributed by atoms with Crippen molar-refractivity contribution in [3.8, 4) is 0 Å². The maximum atomic E-state index is 10.7. The van der Waals surface area contributed by atoms with Gasteiger partial charge in [0, 0.05) is 12.5 Å². The number of carbonyl (C=O) groups is 2. The molecule has 0 aromatic heterocycles. The summed E-state index contributed by atoms with van der Waals surface area (Å²) in [6, 6.07) is -0.489. The first-order valence-corrected chi connectivity index (χ1v) is 5.41. The van der Waals surface area contributed by atoms with E-state index in [1.807, 2.05) is 27.7 Å². The van der Waals surface area contributed by atoms with Gasteiger partial charge in [0.2, 0.25) is 0 Å². The lowest BCUT2D eigenvalue weighted by Crippen LogP contribution is -2.41. The topological polar surface area (TPSA) is 66.4 Å². The molecule has 0 bridgehead atoms. The highest BCUT2D eigenvalue weighted by Crippen LogP contribution is 1.99. The molecule has 0 aromatic rings. The summed E-state index contributed by atoms with van der Waals surface area (Å²) in [6.07, 6.45) is 0.680. The molecular weight excluding hydrogens is 194 g/mol. The average molecular weight is 217 g/mol. The molecule has 0 spiro atoms. The highest BCUT2D eigenvalue weighted by atomic mass is 16.4. The molecule has 4 nitrogen and oxygen atoms in total. The third kappa shape index (κ3) is 11.0. The highest BCUT2D eigenvalue weighted by molar-refractivity contribution is 5.78. The second-order valence-electron chi connectivity index (χ2n) is 3.45. The van der Waals surface area contributed by atoms with E-state index in [1.54, 1.807) is 0 Å². The fourth-order valence-electron chi connectivity index (χ4n) is 1.03. The summed E-state index contributed by atoms with van der Waals surface area (Å²) in [7, 11) is 0. The molecule has 0 rings (SSSR count). The van der Waals surface area contributed by atoms with E-state index in [0.717, 1.165) is 0 Å². The minimum Gasteiger partial charge on any atom is -0.480 e. The van der Waals surface area contributed by atoms with E-state index in [9.17, 15) is 9.59 Å². The van der Waals surface area contributed by atoms with Gasteiger partial charge >= 0.3 is 5.97 Å². The Morgan fingerprint density at radius 3 is 2.00 bits per heavy atom. The lowest BCUT2D eigenvalue weighted by atomic mass is 10.1. The van der Waals surface area contributed by atoms with Gasteiger partial charge in [-0.1, -0.05) is 27.7 Å². The fourth-order valence-corrected chi connectivity index (χ4v) is 1.03. The Kier molecular flexibility index (Phi) is 10.6. The monoisotopic (exact) mass is 217 g/mol. The quantitative estimate of drug-likeness (QED) is 0.712. The van der Waals surface area contributed by atoms with Crippen LogP contribution < -0.4 is 5.32 Å². The van der Waals surface area contributed by atoms with Crippen molar-refractivity contribution in [3.63, 3.8) is 0 Å². The zero-order valence-electron chi connectivity index (χ0n) is 10.3. The Morgan fingerprint density at radius 2 is 1.73 bits per heavy atom. The molecule has 0 amide bonds. The normalized spacial score (nSPS) is 11.6. The molecule has 0 aliphatic carbocycles. The first-order chi connectivity index (χ1) is 6.93. The maximum Gasteiger partial charge on any atom is 0.320 e. The lowest BCUT2D eigenvalue weighted by Gasteiger charge is -2.16. The van der Waals surface area contributed by atoms with Crippen LogP contribution in [-0.2, 0) is 9.59 Å². The van der Waals surface area contributed by atoms with Crippen molar-refractivity contribution >= 4 is 11.8 Å². The summed E-state index contributed by atoms with van der Waals surface area (Å²) in [4.78, 5) is 21.3. The third-order valence-electron chi connectivity index (χ3n) is 1.62. The van der Waals surface area contributed by atoms with Crippen molar-refractivity contribution in [3.05, 3.63) is 0 Å². The van der Waals surface area contributed by atoms with Crippen molar-refractivity contribution in [1.82, 2.24) is 5.32 Å². The van der Waals surface area contributed by atoms with Crippen molar-refractivity contribution in [1.29, 1.82) is 0 Å². The van der Waals surface area contributed by atoms with E-state index in [2.05, 4.69) is 5.32 Å². The summed E-state index contributed by atoms with van der Waals surface area (Å²) in [6.45, 7) is 9.22. The van der Waals surface area contributed by atoms with Crippen LogP contribution in [0.15, 0.2) is 0 Å². The highest BCUT2D eigenvalue weighted by Gasteiger charge is 2.17. The number of carboxylic acids is 1. The number of Topliss-reactive ketones (excluding diaryl/α,β-unsaturated/α-hetero) is 1. The molecule has 0 saturated carbocycles. The smallest absolute Gasteiger partial charge is 0.320 e. The number of hydrogen-bond acceptors (Lipinski definition) is 3. The summed E-state index contributed by atoms with van der Waals surface area (Å²) >= 11 is 0. The average Bonchev–Trinajstić information content (AvgIpc) is 2.14. The van der Waals surface area contributed by atoms with E-state index in [4.69, 9.17) is 5.11 Å². The number of carbonyl (C=O) groups excluding carboxylic acids is 1.